The number of nitrogen functional groups attached to an aromatic ring is 2. The first kappa shape index (κ1) is 13.7. The summed E-state index contributed by atoms with van der Waals surface area (Å²) >= 11 is 0. The van der Waals surface area contributed by atoms with Crippen molar-refractivity contribution < 1.29 is 9.90 Å². The molecule has 0 aliphatic carbocycles. The molecular weight excluding hydrogens is 242 g/mol. The fourth-order valence-electron chi connectivity index (χ4n) is 2.68. The molecule has 1 fully saturated rings. The molecule has 0 bridgehead atoms. The first-order valence-electron chi connectivity index (χ1n) is 6.69. The monoisotopic (exact) mass is 263 g/mol. The van der Waals surface area contributed by atoms with Crippen molar-refractivity contribution >= 4 is 17.3 Å². The molecule has 1 heterocycles. The Kier molecular flexibility index (Phi) is 4.27. The van der Waals surface area contributed by atoms with E-state index in [9.17, 15) is 4.79 Å². The van der Waals surface area contributed by atoms with Crippen molar-refractivity contribution in [1.29, 1.82) is 0 Å². The molecule has 19 heavy (non-hydrogen) atoms. The van der Waals surface area contributed by atoms with Gasteiger partial charge < -0.3 is 21.5 Å². The molecule has 5 nitrogen and oxygen atoms in total. The molecule has 0 saturated carbocycles. The Morgan fingerprint density at radius 2 is 1.95 bits per heavy atom. The number of likely N-dealkylation sites (tertiary alicyclic amines) is 1. The number of carbonyl (C=O) groups excluding carboxylic acids is 1. The number of hydrogen-bond donors (Lipinski definition) is 3. The molecule has 104 valence electrons. The number of aliphatic hydroxyl groups excluding tert-OH is 1. The maximum Gasteiger partial charge on any atom is 0.254 e. The molecule has 5 heteroatoms. The SMILES string of the molecule is Nc1cc(N)cc(C(=O)N2CCCCC2CCO)c1. The van der Waals surface area contributed by atoms with Gasteiger partial charge in [0.25, 0.3) is 5.91 Å². The lowest BCUT2D eigenvalue weighted by Crippen LogP contribution is -2.44. The highest BCUT2D eigenvalue weighted by Gasteiger charge is 2.27. The van der Waals surface area contributed by atoms with Gasteiger partial charge >= 0.3 is 0 Å². The van der Waals surface area contributed by atoms with E-state index in [1.807, 2.05) is 4.90 Å². The molecule has 0 aromatic heterocycles. The molecule has 1 aliphatic heterocycles. The summed E-state index contributed by atoms with van der Waals surface area (Å²) < 4.78 is 0. The van der Waals surface area contributed by atoms with Gasteiger partial charge in [0.1, 0.15) is 0 Å². The number of anilines is 2. The van der Waals surface area contributed by atoms with Crippen molar-refractivity contribution in [2.45, 2.75) is 31.7 Å². The molecule has 1 amide bonds. The van der Waals surface area contributed by atoms with Crippen LogP contribution in [0.4, 0.5) is 11.4 Å². The van der Waals surface area contributed by atoms with E-state index in [0.29, 0.717) is 23.4 Å². The zero-order valence-corrected chi connectivity index (χ0v) is 11.0. The minimum absolute atomic E-state index is 0.0443. The maximum absolute atomic E-state index is 12.5. The highest BCUT2D eigenvalue weighted by molar-refractivity contribution is 5.96. The van der Waals surface area contributed by atoms with Gasteiger partial charge in [0.2, 0.25) is 0 Å². The second kappa shape index (κ2) is 5.93. The molecule has 1 atom stereocenters. The number of nitrogens with zero attached hydrogens (tertiary/aromatic N) is 1. The summed E-state index contributed by atoms with van der Waals surface area (Å²) in [6.45, 7) is 0.839. The summed E-state index contributed by atoms with van der Waals surface area (Å²) in [7, 11) is 0. The molecule has 1 unspecified atom stereocenters. The first-order valence-corrected chi connectivity index (χ1v) is 6.69. The molecule has 0 radical (unpaired) electrons. The van der Waals surface area contributed by atoms with Crippen molar-refractivity contribution in [1.82, 2.24) is 4.90 Å². The third-order valence-electron chi connectivity index (χ3n) is 3.57. The van der Waals surface area contributed by atoms with Crippen LogP contribution in [-0.4, -0.2) is 35.1 Å². The summed E-state index contributed by atoms with van der Waals surface area (Å²) in [6.07, 6.45) is 3.69. The average Bonchev–Trinajstić information content (AvgIpc) is 2.38. The number of benzene rings is 1. The van der Waals surface area contributed by atoms with E-state index in [0.717, 1.165) is 25.8 Å². The van der Waals surface area contributed by atoms with E-state index in [-0.39, 0.29) is 18.6 Å². The van der Waals surface area contributed by atoms with Crippen molar-refractivity contribution in [3.05, 3.63) is 23.8 Å². The Balaban J connectivity index is 2.20. The Labute approximate surface area is 113 Å². The average molecular weight is 263 g/mol. The van der Waals surface area contributed by atoms with Gasteiger partial charge in [-0.05, 0) is 43.9 Å². The summed E-state index contributed by atoms with van der Waals surface area (Å²) in [4.78, 5) is 14.4. The van der Waals surface area contributed by atoms with Crippen molar-refractivity contribution in [2.24, 2.45) is 0 Å². The standard InChI is InChI=1S/C14H21N3O2/c15-11-7-10(8-12(16)9-11)14(19)17-5-2-1-3-13(17)4-6-18/h7-9,13,18H,1-6,15-16H2. The Morgan fingerprint density at radius 3 is 2.58 bits per heavy atom. The second-order valence-electron chi connectivity index (χ2n) is 5.05. The van der Waals surface area contributed by atoms with Crippen LogP contribution in [0.1, 0.15) is 36.0 Å². The van der Waals surface area contributed by atoms with E-state index >= 15 is 0 Å². The van der Waals surface area contributed by atoms with Gasteiger partial charge in [0.05, 0.1) is 0 Å². The summed E-state index contributed by atoms with van der Waals surface area (Å²) in [5.74, 6) is -0.0443. The Hall–Kier alpha value is -1.75. The fraction of sp³-hybridized carbons (Fsp3) is 0.500. The second-order valence-corrected chi connectivity index (χ2v) is 5.05. The maximum atomic E-state index is 12.5. The van der Waals surface area contributed by atoms with E-state index in [2.05, 4.69) is 0 Å². The van der Waals surface area contributed by atoms with E-state index in [1.165, 1.54) is 0 Å². The largest absolute Gasteiger partial charge is 0.399 e. The smallest absolute Gasteiger partial charge is 0.254 e. The number of piperidine rings is 1. The third-order valence-corrected chi connectivity index (χ3v) is 3.57. The van der Waals surface area contributed by atoms with Crippen molar-refractivity contribution in [2.75, 3.05) is 24.6 Å². The van der Waals surface area contributed by atoms with Crippen molar-refractivity contribution in [3.8, 4) is 0 Å². The number of rotatable bonds is 3. The number of aliphatic hydroxyl groups is 1. The van der Waals surface area contributed by atoms with Crippen molar-refractivity contribution in [3.63, 3.8) is 0 Å². The molecule has 2 rings (SSSR count). The predicted octanol–water partition coefficient (Wildman–Crippen LogP) is 1.23. The fourth-order valence-corrected chi connectivity index (χ4v) is 2.68. The van der Waals surface area contributed by atoms with Crippen LogP contribution in [0.5, 0.6) is 0 Å². The molecule has 1 aromatic carbocycles. The topological polar surface area (TPSA) is 92.6 Å². The van der Waals surface area contributed by atoms with Crippen LogP contribution in [-0.2, 0) is 0 Å². The van der Waals surface area contributed by atoms with E-state index < -0.39 is 0 Å². The van der Waals surface area contributed by atoms with Gasteiger partial charge in [-0.15, -0.1) is 0 Å². The number of carbonyl (C=O) groups is 1. The van der Waals surface area contributed by atoms with Gasteiger partial charge in [0, 0.05) is 36.1 Å². The Morgan fingerprint density at radius 1 is 1.26 bits per heavy atom. The van der Waals surface area contributed by atoms with E-state index in [1.54, 1.807) is 18.2 Å². The quantitative estimate of drug-likeness (QED) is 0.715. The normalized spacial score (nSPS) is 19.4. The molecule has 1 aromatic rings. The third kappa shape index (κ3) is 3.17. The number of amides is 1. The van der Waals surface area contributed by atoms with Gasteiger partial charge in [-0.3, -0.25) is 4.79 Å². The number of hydrogen-bond acceptors (Lipinski definition) is 4. The molecular formula is C14H21N3O2. The zero-order valence-electron chi connectivity index (χ0n) is 11.0. The first-order chi connectivity index (χ1) is 9.11. The summed E-state index contributed by atoms with van der Waals surface area (Å²) in [6, 6.07) is 5.07. The highest BCUT2D eigenvalue weighted by Crippen LogP contribution is 2.23. The molecule has 1 aliphatic rings. The minimum atomic E-state index is -0.0443. The molecule has 1 saturated heterocycles. The van der Waals surface area contributed by atoms with E-state index in [4.69, 9.17) is 16.6 Å². The lowest BCUT2D eigenvalue weighted by atomic mass is 9.98. The molecule has 5 N–H and O–H groups in total. The molecule has 0 spiro atoms. The lowest BCUT2D eigenvalue weighted by molar-refractivity contribution is 0.0574. The van der Waals surface area contributed by atoms with Crippen LogP contribution in [0.2, 0.25) is 0 Å². The van der Waals surface area contributed by atoms with Gasteiger partial charge in [-0.1, -0.05) is 0 Å². The van der Waals surface area contributed by atoms with Crippen LogP contribution >= 0.6 is 0 Å². The number of nitrogens with two attached hydrogens (primary N) is 2. The highest BCUT2D eigenvalue weighted by atomic mass is 16.3. The Bertz CT molecular complexity index is 440. The zero-order chi connectivity index (χ0) is 13.8. The van der Waals surface area contributed by atoms with Crippen LogP contribution in [0, 0.1) is 0 Å². The van der Waals surface area contributed by atoms with Crippen LogP contribution < -0.4 is 11.5 Å². The van der Waals surface area contributed by atoms with Crippen LogP contribution in [0.3, 0.4) is 0 Å². The van der Waals surface area contributed by atoms with Gasteiger partial charge in [-0.25, -0.2) is 0 Å². The van der Waals surface area contributed by atoms with Gasteiger partial charge in [-0.2, -0.15) is 0 Å². The predicted molar refractivity (Wildman–Crippen MR) is 75.6 cm³/mol. The minimum Gasteiger partial charge on any atom is -0.399 e. The summed E-state index contributed by atoms with van der Waals surface area (Å²) in [5.41, 5.74) is 13.0. The summed E-state index contributed by atoms with van der Waals surface area (Å²) in [5, 5.41) is 9.10. The lowest BCUT2D eigenvalue weighted by Gasteiger charge is -2.35. The van der Waals surface area contributed by atoms with Gasteiger partial charge in [0.15, 0.2) is 0 Å². The van der Waals surface area contributed by atoms with Crippen LogP contribution in [0.25, 0.3) is 0 Å². The van der Waals surface area contributed by atoms with Crippen LogP contribution in [0.15, 0.2) is 18.2 Å².